The van der Waals surface area contributed by atoms with Gasteiger partial charge in [0.1, 0.15) is 5.75 Å². The highest BCUT2D eigenvalue weighted by Crippen LogP contribution is 2.16. The third-order valence-electron chi connectivity index (χ3n) is 4.27. The monoisotopic (exact) mass is 362 g/mol. The van der Waals surface area contributed by atoms with E-state index in [0.717, 1.165) is 16.9 Å². The van der Waals surface area contributed by atoms with Gasteiger partial charge in [0.25, 0.3) is 11.5 Å². The molecule has 0 aliphatic rings. The number of aromatic nitrogens is 1. The van der Waals surface area contributed by atoms with Gasteiger partial charge in [-0.2, -0.15) is 0 Å². The highest BCUT2D eigenvalue weighted by atomic mass is 16.5. The zero-order valence-electron chi connectivity index (χ0n) is 15.4. The second-order valence-electron chi connectivity index (χ2n) is 6.22. The molecule has 1 heterocycles. The third-order valence-corrected chi connectivity index (χ3v) is 4.27. The molecule has 0 aliphatic carbocycles. The molecule has 0 saturated carbocycles. The number of carbonyl (C=O) groups is 1. The molecule has 5 nitrogen and oxygen atoms in total. The Hall–Kier alpha value is -3.34. The van der Waals surface area contributed by atoms with Gasteiger partial charge >= 0.3 is 0 Å². The van der Waals surface area contributed by atoms with Crippen LogP contribution in [0.1, 0.15) is 28.4 Å². The van der Waals surface area contributed by atoms with E-state index in [9.17, 15) is 9.59 Å². The minimum atomic E-state index is -0.266. The molecule has 0 spiro atoms. The second-order valence-corrected chi connectivity index (χ2v) is 6.22. The predicted octanol–water partition coefficient (Wildman–Crippen LogP) is 3.86. The maximum Gasteiger partial charge on any atom is 0.257 e. The number of amides is 1. The van der Waals surface area contributed by atoms with Crippen molar-refractivity contribution in [2.45, 2.75) is 20.4 Å². The van der Waals surface area contributed by atoms with Crippen LogP contribution in [0.3, 0.4) is 0 Å². The molecule has 0 bridgehead atoms. The first-order valence-electron chi connectivity index (χ1n) is 8.86. The Kier molecular flexibility index (Phi) is 5.71. The predicted molar refractivity (Wildman–Crippen MR) is 107 cm³/mol. The minimum absolute atomic E-state index is 0.143. The van der Waals surface area contributed by atoms with Gasteiger partial charge < -0.3 is 14.6 Å². The molecule has 138 valence electrons. The Morgan fingerprint density at radius 3 is 2.48 bits per heavy atom. The van der Waals surface area contributed by atoms with E-state index in [2.05, 4.69) is 5.32 Å². The fourth-order valence-electron chi connectivity index (χ4n) is 2.76. The van der Waals surface area contributed by atoms with Crippen molar-refractivity contribution >= 4 is 11.6 Å². The van der Waals surface area contributed by atoms with Crippen LogP contribution in [0, 0.1) is 6.92 Å². The molecule has 1 aromatic heterocycles. The third kappa shape index (κ3) is 4.64. The van der Waals surface area contributed by atoms with Crippen LogP contribution in [0.15, 0.2) is 71.7 Å². The lowest BCUT2D eigenvalue weighted by Crippen LogP contribution is -2.22. The molecule has 0 unspecified atom stereocenters. The van der Waals surface area contributed by atoms with Crippen LogP contribution < -0.4 is 15.6 Å². The van der Waals surface area contributed by atoms with Crippen molar-refractivity contribution < 1.29 is 9.53 Å². The highest BCUT2D eigenvalue weighted by molar-refractivity contribution is 6.04. The van der Waals surface area contributed by atoms with E-state index in [0.29, 0.717) is 24.4 Å². The molecule has 0 aliphatic heterocycles. The fraction of sp³-hybridized carbons (Fsp3) is 0.182. The molecule has 5 heteroatoms. The van der Waals surface area contributed by atoms with E-state index >= 15 is 0 Å². The Morgan fingerprint density at radius 1 is 1.04 bits per heavy atom. The van der Waals surface area contributed by atoms with Gasteiger partial charge in [-0.25, -0.2) is 0 Å². The summed E-state index contributed by atoms with van der Waals surface area (Å²) >= 11 is 0. The van der Waals surface area contributed by atoms with E-state index in [-0.39, 0.29) is 11.5 Å². The molecule has 1 amide bonds. The van der Waals surface area contributed by atoms with Gasteiger partial charge in [-0.05, 0) is 55.3 Å². The van der Waals surface area contributed by atoms with E-state index < -0.39 is 0 Å². The number of pyridine rings is 1. The number of nitrogens with one attached hydrogen (secondary N) is 1. The number of anilines is 1. The smallest absolute Gasteiger partial charge is 0.257 e. The number of benzene rings is 2. The van der Waals surface area contributed by atoms with Gasteiger partial charge in [-0.3, -0.25) is 9.59 Å². The molecule has 3 aromatic rings. The fourth-order valence-corrected chi connectivity index (χ4v) is 2.76. The average molecular weight is 362 g/mol. The highest BCUT2D eigenvalue weighted by Gasteiger charge is 2.09. The number of carbonyl (C=O) groups excluding carboxylic acids is 1. The Labute approximate surface area is 158 Å². The SMILES string of the molecule is CCOc1ccc(NC(=O)c2ccc(=O)n(Cc3ccccc3C)c2)cc1. The molecule has 0 saturated heterocycles. The van der Waals surface area contributed by atoms with Gasteiger partial charge in [0.05, 0.1) is 18.7 Å². The summed E-state index contributed by atoms with van der Waals surface area (Å²) in [7, 11) is 0. The van der Waals surface area contributed by atoms with Crippen molar-refractivity contribution in [3.05, 3.63) is 93.9 Å². The van der Waals surface area contributed by atoms with Gasteiger partial charge in [0.15, 0.2) is 0 Å². The Bertz CT molecular complexity index is 991. The molecule has 0 atom stereocenters. The summed E-state index contributed by atoms with van der Waals surface area (Å²) in [4.78, 5) is 24.7. The molecule has 2 aromatic carbocycles. The van der Waals surface area contributed by atoms with Crippen molar-refractivity contribution in [3.8, 4) is 5.75 Å². The number of hydrogen-bond donors (Lipinski definition) is 1. The van der Waals surface area contributed by atoms with Crippen molar-refractivity contribution in [1.82, 2.24) is 4.57 Å². The van der Waals surface area contributed by atoms with Gasteiger partial charge in [-0.1, -0.05) is 24.3 Å². The maximum atomic E-state index is 12.5. The quantitative estimate of drug-likeness (QED) is 0.724. The molecular formula is C22H22N2O3. The Morgan fingerprint density at radius 2 is 1.78 bits per heavy atom. The lowest BCUT2D eigenvalue weighted by molar-refractivity contribution is 0.102. The molecular weight excluding hydrogens is 340 g/mol. The molecule has 27 heavy (non-hydrogen) atoms. The normalized spacial score (nSPS) is 10.4. The first-order chi connectivity index (χ1) is 13.1. The minimum Gasteiger partial charge on any atom is -0.494 e. The zero-order valence-corrected chi connectivity index (χ0v) is 15.4. The second kappa shape index (κ2) is 8.36. The van der Waals surface area contributed by atoms with Crippen LogP contribution in [0.2, 0.25) is 0 Å². The van der Waals surface area contributed by atoms with E-state index in [1.807, 2.05) is 38.1 Å². The van der Waals surface area contributed by atoms with Crippen LogP contribution >= 0.6 is 0 Å². The number of nitrogens with zero attached hydrogens (tertiary/aromatic N) is 1. The first-order valence-corrected chi connectivity index (χ1v) is 8.86. The summed E-state index contributed by atoms with van der Waals surface area (Å²) in [6.45, 7) is 4.94. The van der Waals surface area contributed by atoms with Crippen LogP contribution in [-0.4, -0.2) is 17.1 Å². The van der Waals surface area contributed by atoms with Crippen LogP contribution in [0.5, 0.6) is 5.75 Å². The van der Waals surface area contributed by atoms with Crippen LogP contribution in [-0.2, 0) is 6.54 Å². The summed E-state index contributed by atoms with van der Waals surface area (Å²) in [5.41, 5.74) is 3.10. The van der Waals surface area contributed by atoms with Crippen LogP contribution in [0.25, 0.3) is 0 Å². The van der Waals surface area contributed by atoms with Crippen molar-refractivity contribution in [2.75, 3.05) is 11.9 Å². The van der Waals surface area contributed by atoms with Crippen molar-refractivity contribution in [3.63, 3.8) is 0 Å². The van der Waals surface area contributed by atoms with E-state index in [1.54, 1.807) is 41.1 Å². The lowest BCUT2D eigenvalue weighted by atomic mass is 10.1. The number of rotatable bonds is 6. The van der Waals surface area contributed by atoms with Gasteiger partial charge in [-0.15, -0.1) is 0 Å². The summed E-state index contributed by atoms with van der Waals surface area (Å²) in [6, 6.07) is 18.0. The van der Waals surface area contributed by atoms with E-state index in [1.165, 1.54) is 6.07 Å². The summed E-state index contributed by atoms with van der Waals surface area (Å²) in [6.07, 6.45) is 1.60. The summed E-state index contributed by atoms with van der Waals surface area (Å²) in [5.74, 6) is 0.486. The topological polar surface area (TPSA) is 60.3 Å². The Balaban J connectivity index is 1.77. The summed E-state index contributed by atoms with van der Waals surface area (Å²) in [5, 5.41) is 2.84. The number of aryl methyl sites for hydroxylation is 1. The zero-order chi connectivity index (χ0) is 19.2. The average Bonchev–Trinajstić information content (AvgIpc) is 2.67. The molecule has 0 fully saturated rings. The number of hydrogen-bond acceptors (Lipinski definition) is 3. The number of ether oxygens (including phenoxy) is 1. The van der Waals surface area contributed by atoms with Crippen molar-refractivity contribution in [1.29, 1.82) is 0 Å². The molecule has 0 radical (unpaired) electrons. The standard InChI is InChI=1S/C22H22N2O3/c1-3-27-20-11-9-19(10-12-20)23-22(26)18-8-13-21(25)24(15-18)14-17-7-5-4-6-16(17)2/h4-13,15H,3,14H2,1-2H3,(H,23,26). The van der Waals surface area contributed by atoms with Crippen LogP contribution in [0.4, 0.5) is 5.69 Å². The maximum absolute atomic E-state index is 12.5. The molecule has 1 N–H and O–H groups in total. The van der Waals surface area contributed by atoms with Gasteiger partial charge in [0.2, 0.25) is 0 Å². The lowest BCUT2D eigenvalue weighted by Gasteiger charge is -2.11. The summed E-state index contributed by atoms with van der Waals surface area (Å²) < 4.78 is 6.95. The van der Waals surface area contributed by atoms with Crippen molar-refractivity contribution in [2.24, 2.45) is 0 Å². The largest absolute Gasteiger partial charge is 0.494 e. The van der Waals surface area contributed by atoms with E-state index in [4.69, 9.17) is 4.74 Å². The molecule has 3 rings (SSSR count). The van der Waals surface area contributed by atoms with Gasteiger partial charge in [0, 0.05) is 18.0 Å². The first kappa shape index (κ1) is 18.5.